The van der Waals surface area contributed by atoms with Crippen molar-refractivity contribution in [3.05, 3.63) is 33.2 Å². The number of unbranched alkanes of at least 4 members (excludes halogenated alkanes) is 3. The lowest BCUT2D eigenvalue weighted by Crippen LogP contribution is -2.20. The van der Waals surface area contributed by atoms with Crippen LogP contribution in [0.1, 0.15) is 101 Å². The van der Waals surface area contributed by atoms with E-state index in [-0.39, 0.29) is 5.56 Å². The summed E-state index contributed by atoms with van der Waals surface area (Å²) in [7, 11) is 0. The van der Waals surface area contributed by atoms with E-state index in [1.807, 2.05) is 0 Å². The zero-order valence-corrected chi connectivity index (χ0v) is 14.5. The number of aromatic nitrogens is 1. The summed E-state index contributed by atoms with van der Waals surface area (Å²) in [5.74, 6) is 0.441. The lowest BCUT2D eigenvalue weighted by Gasteiger charge is -2.19. The van der Waals surface area contributed by atoms with E-state index in [0.29, 0.717) is 5.92 Å². The number of H-pyrrole nitrogens is 1. The van der Waals surface area contributed by atoms with E-state index in [4.69, 9.17) is 0 Å². The van der Waals surface area contributed by atoms with E-state index in [1.54, 1.807) is 0 Å². The Kier molecular flexibility index (Phi) is 7.21. The van der Waals surface area contributed by atoms with Gasteiger partial charge in [0, 0.05) is 11.3 Å². The molecule has 0 aromatic carbocycles. The molecule has 0 radical (unpaired) electrons. The number of hydrogen-bond donors (Lipinski definition) is 1. The van der Waals surface area contributed by atoms with Gasteiger partial charge in [0.05, 0.1) is 0 Å². The Labute approximate surface area is 135 Å². The molecule has 1 unspecified atom stereocenters. The van der Waals surface area contributed by atoms with Crippen molar-refractivity contribution in [3.8, 4) is 0 Å². The molecule has 1 aliphatic carbocycles. The van der Waals surface area contributed by atoms with Gasteiger partial charge in [-0.2, -0.15) is 0 Å². The van der Waals surface area contributed by atoms with Crippen molar-refractivity contribution in [3.63, 3.8) is 0 Å². The largest absolute Gasteiger partial charge is 0.326 e. The van der Waals surface area contributed by atoms with Crippen LogP contribution in [0.4, 0.5) is 0 Å². The first-order chi connectivity index (χ1) is 10.8. The second-order valence-corrected chi connectivity index (χ2v) is 6.93. The summed E-state index contributed by atoms with van der Waals surface area (Å²) in [6.45, 7) is 4.47. The van der Waals surface area contributed by atoms with Crippen LogP contribution in [0.3, 0.4) is 0 Å². The molecule has 0 spiro atoms. The van der Waals surface area contributed by atoms with Gasteiger partial charge in [0.2, 0.25) is 0 Å². The molecule has 1 heterocycles. The predicted molar refractivity (Wildman–Crippen MR) is 94.7 cm³/mol. The number of nitrogens with one attached hydrogen (secondary N) is 1. The molecule has 2 rings (SSSR count). The van der Waals surface area contributed by atoms with E-state index >= 15 is 0 Å². The third-order valence-electron chi connectivity index (χ3n) is 5.21. The minimum Gasteiger partial charge on any atom is -0.326 e. The topological polar surface area (TPSA) is 32.9 Å². The molecule has 0 saturated heterocycles. The third kappa shape index (κ3) is 4.72. The smallest absolute Gasteiger partial charge is 0.251 e. The van der Waals surface area contributed by atoms with E-state index in [2.05, 4.69) is 24.9 Å². The second kappa shape index (κ2) is 9.17. The summed E-state index contributed by atoms with van der Waals surface area (Å²) in [5.41, 5.74) is 3.87. The van der Waals surface area contributed by atoms with Crippen molar-refractivity contribution < 1.29 is 0 Å². The zero-order valence-electron chi connectivity index (χ0n) is 14.5. The highest BCUT2D eigenvalue weighted by Crippen LogP contribution is 2.26. The molecular weight excluding hydrogens is 270 g/mol. The molecule has 0 fully saturated rings. The minimum absolute atomic E-state index is 0.182. The minimum atomic E-state index is 0.182. The number of hydrogen-bond acceptors (Lipinski definition) is 1. The van der Waals surface area contributed by atoms with Crippen molar-refractivity contribution in [2.24, 2.45) is 0 Å². The van der Waals surface area contributed by atoms with E-state index in [9.17, 15) is 4.79 Å². The molecular formula is C20H33NO. The molecule has 0 saturated carbocycles. The van der Waals surface area contributed by atoms with Crippen molar-refractivity contribution >= 4 is 0 Å². The van der Waals surface area contributed by atoms with Crippen LogP contribution < -0.4 is 5.56 Å². The maximum atomic E-state index is 12.5. The molecule has 0 aliphatic heterocycles. The summed E-state index contributed by atoms with van der Waals surface area (Å²) < 4.78 is 0. The van der Waals surface area contributed by atoms with Crippen molar-refractivity contribution in [1.82, 2.24) is 4.98 Å². The number of fused-ring (bicyclic) bond motifs is 1. The number of rotatable bonds is 7. The van der Waals surface area contributed by atoms with Crippen molar-refractivity contribution in [2.45, 2.75) is 96.8 Å². The molecule has 2 nitrogen and oxygen atoms in total. The van der Waals surface area contributed by atoms with Gasteiger partial charge in [-0.3, -0.25) is 4.79 Å². The summed E-state index contributed by atoms with van der Waals surface area (Å²) in [4.78, 5) is 15.7. The summed E-state index contributed by atoms with van der Waals surface area (Å²) in [6.07, 6.45) is 14.7. The van der Waals surface area contributed by atoms with E-state index < -0.39 is 0 Å². The number of aryl methyl sites for hydroxylation is 2. The van der Waals surface area contributed by atoms with Crippen molar-refractivity contribution in [1.29, 1.82) is 0 Å². The highest BCUT2D eigenvalue weighted by molar-refractivity contribution is 5.28. The third-order valence-corrected chi connectivity index (χ3v) is 5.21. The molecule has 1 aliphatic rings. The van der Waals surface area contributed by atoms with Gasteiger partial charge in [-0.15, -0.1) is 0 Å². The summed E-state index contributed by atoms with van der Waals surface area (Å²) in [6, 6.07) is 2.26. The van der Waals surface area contributed by atoms with Gasteiger partial charge in [0.15, 0.2) is 0 Å². The lowest BCUT2D eigenvalue weighted by molar-refractivity contribution is 0.536. The van der Waals surface area contributed by atoms with Crippen molar-refractivity contribution in [2.75, 3.05) is 0 Å². The van der Waals surface area contributed by atoms with Crippen LogP contribution in [0.15, 0.2) is 10.9 Å². The average molecular weight is 303 g/mol. The normalized spacial score (nSPS) is 16.6. The monoisotopic (exact) mass is 303 g/mol. The van der Waals surface area contributed by atoms with Crippen LogP contribution in [0, 0.1) is 0 Å². The molecule has 1 atom stereocenters. The van der Waals surface area contributed by atoms with Gasteiger partial charge in [0.25, 0.3) is 5.56 Å². The van der Waals surface area contributed by atoms with Crippen LogP contribution in [0.5, 0.6) is 0 Å². The quantitative estimate of drug-likeness (QED) is 0.663. The molecule has 1 aromatic rings. The van der Waals surface area contributed by atoms with E-state index in [1.165, 1.54) is 69.0 Å². The molecule has 1 N–H and O–H groups in total. The Balaban J connectivity index is 2.14. The van der Waals surface area contributed by atoms with Crippen LogP contribution >= 0.6 is 0 Å². The summed E-state index contributed by atoms with van der Waals surface area (Å²) in [5, 5.41) is 0. The Morgan fingerprint density at radius 2 is 1.82 bits per heavy atom. The SMILES string of the molecule is CCCCCCC(CC)c1cc2c([nH]c1=O)CCCCCC2. The molecule has 2 heteroatoms. The molecule has 0 bridgehead atoms. The van der Waals surface area contributed by atoms with Crippen LogP contribution in [-0.2, 0) is 12.8 Å². The second-order valence-electron chi connectivity index (χ2n) is 6.93. The Bertz CT molecular complexity index is 503. The van der Waals surface area contributed by atoms with Gasteiger partial charge in [0.1, 0.15) is 0 Å². The highest BCUT2D eigenvalue weighted by atomic mass is 16.1. The highest BCUT2D eigenvalue weighted by Gasteiger charge is 2.17. The van der Waals surface area contributed by atoms with E-state index in [0.717, 1.165) is 24.8 Å². The van der Waals surface area contributed by atoms with Gasteiger partial charge < -0.3 is 4.98 Å². The Morgan fingerprint density at radius 3 is 2.55 bits per heavy atom. The van der Waals surface area contributed by atoms with Crippen LogP contribution in [0.2, 0.25) is 0 Å². The fraction of sp³-hybridized carbons (Fsp3) is 0.750. The van der Waals surface area contributed by atoms with Gasteiger partial charge >= 0.3 is 0 Å². The average Bonchev–Trinajstić information content (AvgIpc) is 2.50. The van der Waals surface area contributed by atoms with Crippen LogP contribution in [-0.4, -0.2) is 4.98 Å². The Morgan fingerprint density at radius 1 is 1.05 bits per heavy atom. The molecule has 22 heavy (non-hydrogen) atoms. The molecule has 1 aromatic heterocycles. The maximum absolute atomic E-state index is 12.5. The molecule has 124 valence electrons. The lowest BCUT2D eigenvalue weighted by atomic mass is 9.88. The zero-order chi connectivity index (χ0) is 15.8. The number of pyridine rings is 1. The predicted octanol–water partition coefficient (Wildman–Crippen LogP) is 5.50. The van der Waals surface area contributed by atoms with Crippen LogP contribution in [0.25, 0.3) is 0 Å². The first-order valence-electron chi connectivity index (χ1n) is 9.51. The number of aromatic amines is 1. The maximum Gasteiger partial charge on any atom is 0.251 e. The standard InChI is InChI=1S/C20H33NO/c1-3-5-6-9-12-16(4-2)18-15-17-13-10-7-8-11-14-19(17)21-20(18)22/h15-16H,3-14H2,1-2H3,(H,21,22). The van der Waals surface area contributed by atoms with Gasteiger partial charge in [-0.25, -0.2) is 0 Å². The summed E-state index contributed by atoms with van der Waals surface area (Å²) >= 11 is 0. The Hall–Kier alpha value is -1.05. The first kappa shape index (κ1) is 17.3. The van der Waals surface area contributed by atoms with Gasteiger partial charge in [-0.05, 0) is 56.1 Å². The fourth-order valence-corrected chi connectivity index (χ4v) is 3.75. The molecule has 0 amide bonds. The fourth-order valence-electron chi connectivity index (χ4n) is 3.75. The van der Waals surface area contributed by atoms with Gasteiger partial charge in [-0.1, -0.05) is 52.4 Å². The first-order valence-corrected chi connectivity index (χ1v) is 9.51.